The van der Waals surface area contributed by atoms with Crippen molar-refractivity contribution < 1.29 is 57.7 Å². The number of imide groups is 1. The van der Waals surface area contributed by atoms with Crippen LogP contribution in [-0.4, -0.2) is 155 Å². The average molecular weight is 1110 g/mol. The van der Waals surface area contributed by atoms with Crippen LogP contribution in [0.25, 0.3) is 0 Å². The Hall–Kier alpha value is -4.97. The molecule has 2 heterocycles. The van der Waals surface area contributed by atoms with Gasteiger partial charge in [-0.15, -0.1) is 0 Å². The molecular formula is C61H92N4O12S. The van der Waals surface area contributed by atoms with Crippen LogP contribution < -0.4 is 0 Å². The molecule has 2 fully saturated rings. The molecule has 11 atom stereocenters. The number of ether oxygens (including phenoxy) is 3. The SMILES string of the molecule is CC[C@H](C)[C@@H]([C@@H](CC(=O)N1CCC[C@H]1[C@H](OC)[C@@H](C)C(=O)C[C@H](C)[C@@H](O)c1ccccc1)OC)N(C)C(=O)[C@@H](CC(=O)[C@H](C(C)C)N(C)C(=O)OCc1ccc(CC(=O)CCCCCN2C(=O)CC(SC)C2=O)cc1)C(C)C. The van der Waals surface area contributed by atoms with Crippen LogP contribution in [0.3, 0.4) is 0 Å². The van der Waals surface area contributed by atoms with Crippen LogP contribution in [0.2, 0.25) is 0 Å². The van der Waals surface area contributed by atoms with Gasteiger partial charge in [0.1, 0.15) is 18.2 Å². The fourth-order valence-corrected chi connectivity index (χ4v) is 12.1. The highest BCUT2D eigenvalue weighted by molar-refractivity contribution is 8.00. The molecule has 2 saturated heterocycles. The van der Waals surface area contributed by atoms with Crippen molar-refractivity contribution in [2.75, 3.05) is 47.7 Å². The number of likely N-dealkylation sites (N-methyl/N-ethyl adjacent to an activating group) is 2. The number of carbonyl (C=O) groups excluding carboxylic acids is 8. The van der Waals surface area contributed by atoms with Crippen molar-refractivity contribution in [1.29, 1.82) is 0 Å². The molecule has 16 nitrogen and oxygen atoms in total. The van der Waals surface area contributed by atoms with Gasteiger partial charge in [-0.05, 0) is 72.3 Å². The van der Waals surface area contributed by atoms with Crippen LogP contribution >= 0.6 is 11.8 Å². The standard InChI is InChI=1S/C61H92N4O12S/c1-14-40(6)56(51(75-11)35-53(69)64-31-21-25-48(64)58(76-12)42(8)49(67)32-41(7)57(71)45-22-17-15-18-23-45)62(9)59(72)47(38(2)3)34-50(68)55(39(4)5)63(10)61(74)77-37-44-28-26-43(27-29-44)33-46(66)24-19-16-20-30-65-54(70)36-52(78-13)60(65)73/h15,17-18,22-23,26-29,38-42,47-48,51-52,55-58,71H,14,16,19-21,24-25,30-37H2,1-13H3/t40-,41-,42-,47-,48-,51+,52?,55-,56-,57+,58+/m0/s1. The minimum atomic E-state index is -0.885. The van der Waals surface area contributed by atoms with Crippen LogP contribution in [-0.2, 0) is 60.8 Å². The van der Waals surface area contributed by atoms with Gasteiger partial charge < -0.3 is 34.0 Å². The molecule has 2 aliphatic heterocycles. The summed E-state index contributed by atoms with van der Waals surface area (Å²) in [6.07, 6.45) is 4.10. The number of Topliss-reactive ketones (excluding diaryl/α,β-unsaturated/α-hetero) is 3. The number of hydrogen-bond acceptors (Lipinski definition) is 13. The first kappa shape index (κ1) is 65.5. The Labute approximate surface area is 469 Å². The van der Waals surface area contributed by atoms with E-state index in [2.05, 4.69) is 0 Å². The number of methoxy groups -OCH3 is 2. The summed E-state index contributed by atoms with van der Waals surface area (Å²) in [4.78, 5) is 114. The summed E-state index contributed by atoms with van der Waals surface area (Å²) in [7, 11) is 6.34. The number of amides is 5. The monoisotopic (exact) mass is 1100 g/mol. The lowest BCUT2D eigenvalue weighted by molar-refractivity contribution is -0.149. The van der Waals surface area contributed by atoms with Crippen LogP contribution in [0.4, 0.5) is 4.79 Å². The second-order valence-corrected chi connectivity index (χ2v) is 23.7. The Morgan fingerprint density at radius 1 is 0.782 bits per heavy atom. The van der Waals surface area contributed by atoms with Gasteiger partial charge in [0.2, 0.25) is 23.6 Å². The molecule has 0 bridgehead atoms. The maximum Gasteiger partial charge on any atom is 0.410 e. The van der Waals surface area contributed by atoms with E-state index in [1.165, 1.54) is 28.6 Å². The van der Waals surface area contributed by atoms with Crippen LogP contribution in [0, 0.1) is 35.5 Å². The molecule has 0 radical (unpaired) electrons. The summed E-state index contributed by atoms with van der Waals surface area (Å²) in [5, 5.41) is 10.7. The van der Waals surface area contributed by atoms with Gasteiger partial charge in [0.15, 0.2) is 5.78 Å². The normalized spacial score (nSPS) is 19.2. The van der Waals surface area contributed by atoms with E-state index >= 15 is 0 Å². The summed E-state index contributed by atoms with van der Waals surface area (Å²) in [5.41, 5.74) is 2.28. The summed E-state index contributed by atoms with van der Waals surface area (Å²) in [5.74, 6) is -3.19. The predicted octanol–water partition coefficient (Wildman–Crippen LogP) is 8.92. The molecule has 434 valence electrons. The molecule has 78 heavy (non-hydrogen) atoms. The number of benzene rings is 2. The summed E-state index contributed by atoms with van der Waals surface area (Å²) < 4.78 is 17.8. The first-order valence-electron chi connectivity index (χ1n) is 28.3. The molecule has 2 aromatic carbocycles. The third-order valence-electron chi connectivity index (χ3n) is 16.4. The lowest BCUT2D eigenvalue weighted by Gasteiger charge is -2.41. The lowest BCUT2D eigenvalue weighted by Crippen LogP contribution is -2.54. The first-order valence-corrected chi connectivity index (χ1v) is 29.6. The van der Waals surface area contributed by atoms with E-state index in [0.717, 1.165) is 24.0 Å². The molecule has 5 amide bonds. The van der Waals surface area contributed by atoms with Crippen LogP contribution in [0.1, 0.15) is 149 Å². The predicted molar refractivity (Wildman–Crippen MR) is 303 cm³/mol. The number of ketones is 3. The molecule has 0 spiro atoms. The molecule has 17 heteroatoms. The maximum absolute atomic E-state index is 14.8. The van der Waals surface area contributed by atoms with Crippen molar-refractivity contribution in [2.24, 2.45) is 35.5 Å². The zero-order valence-electron chi connectivity index (χ0n) is 48.9. The highest BCUT2D eigenvalue weighted by atomic mass is 32.2. The minimum Gasteiger partial charge on any atom is -0.445 e. The smallest absolute Gasteiger partial charge is 0.410 e. The van der Waals surface area contributed by atoms with E-state index < -0.39 is 48.3 Å². The molecule has 1 N–H and O–H groups in total. The Morgan fingerprint density at radius 3 is 2.01 bits per heavy atom. The number of unbranched alkanes of at least 4 members (excludes halogenated alkanes) is 2. The number of hydrogen-bond donors (Lipinski definition) is 1. The van der Waals surface area contributed by atoms with Gasteiger partial charge in [0.05, 0.1) is 48.1 Å². The van der Waals surface area contributed by atoms with Crippen molar-refractivity contribution in [3.05, 3.63) is 71.3 Å². The molecule has 2 aromatic rings. The summed E-state index contributed by atoms with van der Waals surface area (Å²) >= 11 is 1.40. The largest absolute Gasteiger partial charge is 0.445 e. The zero-order chi connectivity index (χ0) is 58.0. The van der Waals surface area contributed by atoms with E-state index in [1.54, 1.807) is 43.2 Å². The van der Waals surface area contributed by atoms with Crippen molar-refractivity contribution in [3.8, 4) is 0 Å². The zero-order valence-corrected chi connectivity index (χ0v) is 49.8. The van der Waals surface area contributed by atoms with Crippen molar-refractivity contribution >= 4 is 58.8 Å². The number of likely N-dealkylation sites (tertiary alicyclic amines) is 2. The molecule has 1 unspecified atom stereocenters. The van der Waals surface area contributed by atoms with E-state index in [4.69, 9.17) is 14.2 Å². The van der Waals surface area contributed by atoms with Gasteiger partial charge in [0.25, 0.3) is 0 Å². The molecule has 0 aromatic heterocycles. The lowest BCUT2D eigenvalue weighted by atomic mass is 9.83. The number of aliphatic hydroxyl groups excluding tert-OH is 1. The Bertz CT molecular complexity index is 2300. The first-order chi connectivity index (χ1) is 37.0. The van der Waals surface area contributed by atoms with Gasteiger partial charge in [-0.25, -0.2) is 4.79 Å². The Morgan fingerprint density at radius 2 is 1.44 bits per heavy atom. The number of rotatable bonds is 33. The quantitative estimate of drug-likeness (QED) is 0.0526. The van der Waals surface area contributed by atoms with Crippen LogP contribution in [0.5, 0.6) is 0 Å². The molecule has 2 aliphatic rings. The fourth-order valence-electron chi connectivity index (χ4n) is 11.4. The molecular weight excluding hydrogens is 1010 g/mol. The number of thioether (sulfide) groups is 1. The molecule has 0 aliphatic carbocycles. The van der Waals surface area contributed by atoms with Gasteiger partial charge in [-0.3, -0.25) is 38.5 Å². The number of aliphatic hydroxyl groups is 1. The fraction of sp³-hybridized carbons (Fsp3) is 0.672. The van der Waals surface area contributed by atoms with Crippen molar-refractivity contribution in [2.45, 2.75) is 181 Å². The van der Waals surface area contributed by atoms with Crippen LogP contribution in [0.15, 0.2) is 54.6 Å². The van der Waals surface area contributed by atoms with E-state index in [9.17, 15) is 43.5 Å². The summed E-state index contributed by atoms with van der Waals surface area (Å²) in [6.45, 7) is 16.0. The third-order valence-corrected chi connectivity index (χ3v) is 17.3. The second-order valence-electron chi connectivity index (χ2n) is 22.6. The Balaban J connectivity index is 1.34. The molecule has 0 saturated carbocycles. The second kappa shape index (κ2) is 31.7. The van der Waals surface area contributed by atoms with E-state index in [1.807, 2.05) is 104 Å². The number of carbonyl (C=O) groups is 8. The van der Waals surface area contributed by atoms with E-state index in [0.29, 0.717) is 50.8 Å². The molecule has 4 rings (SSSR count). The van der Waals surface area contributed by atoms with Gasteiger partial charge >= 0.3 is 6.09 Å². The highest BCUT2D eigenvalue weighted by Gasteiger charge is 2.44. The third kappa shape index (κ3) is 17.8. The Kier molecular flexibility index (Phi) is 26.7. The van der Waals surface area contributed by atoms with Crippen molar-refractivity contribution in [3.63, 3.8) is 0 Å². The summed E-state index contributed by atoms with van der Waals surface area (Å²) in [6, 6.07) is 14.8. The van der Waals surface area contributed by atoms with Gasteiger partial charge in [-0.1, -0.05) is 123 Å². The van der Waals surface area contributed by atoms with Gasteiger partial charge in [0, 0.05) is 85.3 Å². The average Bonchev–Trinajstić information content (AvgIpc) is 4.03. The van der Waals surface area contributed by atoms with Crippen molar-refractivity contribution in [1.82, 2.24) is 19.6 Å². The maximum atomic E-state index is 14.8. The number of nitrogens with zero attached hydrogens (tertiary/aromatic N) is 4. The highest BCUT2D eigenvalue weighted by Crippen LogP contribution is 2.33. The van der Waals surface area contributed by atoms with E-state index in [-0.39, 0.29) is 115 Å². The minimum absolute atomic E-state index is 0.0210. The van der Waals surface area contributed by atoms with Gasteiger partial charge in [-0.2, -0.15) is 11.8 Å². The topological polar surface area (TPSA) is 197 Å².